The largest absolute Gasteiger partial charge is 0.494 e. The smallest absolute Gasteiger partial charge is 0.119 e. The summed E-state index contributed by atoms with van der Waals surface area (Å²) in [6.45, 7) is 10.8. The molecule has 1 aliphatic heterocycles. The van der Waals surface area contributed by atoms with Gasteiger partial charge in [0, 0.05) is 26.2 Å². The minimum atomic E-state index is 0.738. The van der Waals surface area contributed by atoms with Crippen molar-refractivity contribution in [2.45, 2.75) is 26.7 Å². The molecule has 106 valence electrons. The molecule has 0 unspecified atom stereocenters. The molecule has 0 aromatic heterocycles. The molecule has 1 fully saturated rings. The summed E-state index contributed by atoms with van der Waals surface area (Å²) in [7, 11) is 0. The molecular weight excluding hydrogens is 236 g/mol. The van der Waals surface area contributed by atoms with Crippen LogP contribution in [0, 0.1) is 6.92 Å². The van der Waals surface area contributed by atoms with Gasteiger partial charge >= 0.3 is 0 Å². The quantitative estimate of drug-likeness (QED) is 0.851. The number of aryl methyl sites for hydroxylation is 2. The van der Waals surface area contributed by atoms with E-state index in [4.69, 9.17) is 4.74 Å². The van der Waals surface area contributed by atoms with Crippen molar-refractivity contribution in [3.05, 3.63) is 29.3 Å². The lowest BCUT2D eigenvalue weighted by Crippen LogP contribution is -2.43. The summed E-state index contributed by atoms with van der Waals surface area (Å²) in [5, 5.41) is 3.39. The van der Waals surface area contributed by atoms with Crippen LogP contribution in [-0.4, -0.2) is 44.2 Å². The molecular formula is C16H26N2O. The van der Waals surface area contributed by atoms with Crippen molar-refractivity contribution in [2.24, 2.45) is 0 Å². The molecule has 1 saturated heterocycles. The van der Waals surface area contributed by atoms with Crippen molar-refractivity contribution in [1.82, 2.24) is 10.2 Å². The predicted octanol–water partition coefficient (Wildman–Crippen LogP) is 2.23. The van der Waals surface area contributed by atoms with Gasteiger partial charge in [0.1, 0.15) is 5.75 Å². The molecule has 2 rings (SSSR count). The average molecular weight is 262 g/mol. The molecule has 3 nitrogen and oxygen atoms in total. The Labute approximate surface area is 116 Å². The zero-order valence-corrected chi connectivity index (χ0v) is 12.2. The zero-order valence-electron chi connectivity index (χ0n) is 12.2. The summed E-state index contributed by atoms with van der Waals surface area (Å²) in [6.07, 6.45) is 2.41. The highest BCUT2D eigenvalue weighted by Crippen LogP contribution is 2.18. The highest BCUT2D eigenvalue weighted by atomic mass is 16.5. The second-order valence-electron chi connectivity index (χ2n) is 5.22. The third-order valence-corrected chi connectivity index (χ3v) is 3.76. The van der Waals surface area contributed by atoms with Crippen LogP contribution in [0.15, 0.2) is 18.2 Å². The molecule has 1 aromatic rings. The summed E-state index contributed by atoms with van der Waals surface area (Å²) in [5.41, 5.74) is 2.81. The van der Waals surface area contributed by atoms with Gasteiger partial charge in [-0.25, -0.2) is 0 Å². The Morgan fingerprint density at radius 2 is 2.05 bits per heavy atom. The van der Waals surface area contributed by atoms with E-state index in [-0.39, 0.29) is 0 Å². The number of piperazine rings is 1. The minimum Gasteiger partial charge on any atom is -0.494 e. The second-order valence-corrected chi connectivity index (χ2v) is 5.22. The summed E-state index contributed by atoms with van der Waals surface area (Å²) < 4.78 is 5.53. The van der Waals surface area contributed by atoms with E-state index in [1.807, 2.05) is 6.92 Å². The molecule has 1 heterocycles. The highest BCUT2D eigenvalue weighted by molar-refractivity contribution is 5.34. The number of ether oxygens (including phenoxy) is 1. The van der Waals surface area contributed by atoms with Crippen molar-refractivity contribution in [3.8, 4) is 5.75 Å². The van der Waals surface area contributed by atoms with Crippen LogP contribution in [0.3, 0.4) is 0 Å². The summed E-state index contributed by atoms with van der Waals surface area (Å²) in [5.74, 6) is 0.992. The van der Waals surface area contributed by atoms with Crippen LogP contribution in [0.1, 0.15) is 24.5 Å². The fourth-order valence-corrected chi connectivity index (χ4v) is 2.63. The standard InChI is InChI=1S/C16H26N2O/c1-3-19-16-7-6-15(14(2)13-16)5-4-10-18-11-8-17-9-12-18/h6-7,13,17H,3-5,8-12H2,1-2H3. The molecule has 0 atom stereocenters. The molecule has 1 N–H and O–H groups in total. The van der Waals surface area contributed by atoms with Crippen LogP contribution in [-0.2, 0) is 6.42 Å². The number of rotatable bonds is 6. The van der Waals surface area contributed by atoms with Gasteiger partial charge in [-0.05, 0) is 56.5 Å². The van der Waals surface area contributed by atoms with Gasteiger partial charge in [-0.3, -0.25) is 0 Å². The first-order valence-electron chi connectivity index (χ1n) is 7.45. The first-order chi connectivity index (χ1) is 9.29. The van der Waals surface area contributed by atoms with Gasteiger partial charge in [-0.15, -0.1) is 0 Å². The number of benzene rings is 1. The van der Waals surface area contributed by atoms with Gasteiger partial charge in [0.05, 0.1) is 6.61 Å². The monoisotopic (exact) mass is 262 g/mol. The zero-order chi connectivity index (χ0) is 13.5. The van der Waals surface area contributed by atoms with E-state index in [2.05, 4.69) is 35.3 Å². The van der Waals surface area contributed by atoms with Crippen molar-refractivity contribution in [1.29, 1.82) is 0 Å². The Bertz CT molecular complexity index is 386. The van der Waals surface area contributed by atoms with Gasteiger partial charge in [0.25, 0.3) is 0 Å². The van der Waals surface area contributed by atoms with E-state index < -0.39 is 0 Å². The average Bonchev–Trinajstić information content (AvgIpc) is 2.43. The van der Waals surface area contributed by atoms with Crippen LogP contribution in [0.25, 0.3) is 0 Å². The Morgan fingerprint density at radius 3 is 2.74 bits per heavy atom. The first kappa shape index (κ1) is 14.4. The Kier molecular flexibility index (Phi) is 5.67. The number of nitrogens with one attached hydrogen (secondary N) is 1. The summed E-state index contributed by atoms with van der Waals surface area (Å²) in [6, 6.07) is 6.47. The van der Waals surface area contributed by atoms with Crippen LogP contribution in [0.2, 0.25) is 0 Å². The molecule has 1 aromatic carbocycles. The van der Waals surface area contributed by atoms with E-state index in [0.717, 1.165) is 25.4 Å². The van der Waals surface area contributed by atoms with Crippen molar-refractivity contribution in [2.75, 3.05) is 39.3 Å². The Hall–Kier alpha value is -1.06. The SMILES string of the molecule is CCOc1ccc(CCCN2CCNCC2)c(C)c1. The fraction of sp³-hybridized carbons (Fsp3) is 0.625. The fourth-order valence-electron chi connectivity index (χ4n) is 2.63. The Morgan fingerprint density at radius 1 is 1.26 bits per heavy atom. The maximum atomic E-state index is 5.53. The predicted molar refractivity (Wildman–Crippen MR) is 80.0 cm³/mol. The topological polar surface area (TPSA) is 24.5 Å². The van der Waals surface area contributed by atoms with Crippen LogP contribution >= 0.6 is 0 Å². The van der Waals surface area contributed by atoms with Gasteiger partial charge in [-0.1, -0.05) is 6.07 Å². The summed E-state index contributed by atoms with van der Waals surface area (Å²) >= 11 is 0. The highest BCUT2D eigenvalue weighted by Gasteiger charge is 2.09. The molecule has 0 aliphatic carbocycles. The number of nitrogens with zero attached hydrogens (tertiary/aromatic N) is 1. The van der Waals surface area contributed by atoms with Crippen molar-refractivity contribution in [3.63, 3.8) is 0 Å². The molecule has 0 amide bonds. The van der Waals surface area contributed by atoms with Gasteiger partial charge < -0.3 is 15.0 Å². The third-order valence-electron chi connectivity index (χ3n) is 3.76. The lowest BCUT2D eigenvalue weighted by atomic mass is 10.0. The van der Waals surface area contributed by atoms with Gasteiger partial charge in [-0.2, -0.15) is 0 Å². The van der Waals surface area contributed by atoms with Crippen LogP contribution < -0.4 is 10.1 Å². The lowest BCUT2D eigenvalue weighted by Gasteiger charge is -2.27. The molecule has 0 spiro atoms. The molecule has 0 bridgehead atoms. The molecule has 3 heteroatoms. The Balaban J connectivity index is 1.78. The third kappa shape index (κ3) is 4.51. The van der Waals surface area contributed by atoms with E-state index in [0.29, 0.717) is 0 Å². The molecule has 0 radical (unpaired) electrons. The van der Waals surface area contributed by atoms with Gasteiger partial charge in [0.2, 0.25) is 0 Å². The maximum absolute atomic E-state index is 5.53. The normalized spacial score (nSPS) is 16.5. The first-order valence-corrected chi connectivity index (χ1v) is 7.45. The number of hydrogen-bond donors (Lipinski definition) is 1. The van der Waals surface area contributed by atoms with E-state index in [1.54, 1.807) is 0 Å². The molecule has 1 aliphatic rings. The van der Waals surface area contributed by atoms with Crippen molar-refractivity contribution < 1.29 is 4.74 Å². The van der Waals surface area contributed by atoms with Gasteiger partial charge in [0.15, 0.2) is 0 Å². The maximum Gasteiger partial charge on any atom is 0.119 e. The van der Waals surface area contributed by atoms with E-state index in [1.165, 1.54) is 43.6 Å². The van der Waals surface area contributed by atoms with E-state index in [9.17, 15) is 0 Å². The lowest BCUT2D eigenvalue weighted by molar-refractivity contribution is 0.238. The minimum absolute atomic E-state index is 0.738. The van der Waals surface area contributed by atoms with Crippen LogP contribution in [0.4, 0.5) is 0 Å². The summed E-state index contributed by atoms with van der Waals surface area (Å²) in [4.78, 5) is 2.56. The van der Waals surface area contributed by atoms with E-state index >= 15 is 0 Å². The molecule has 19 heavy (non-hydrogen) atoms. The van der Waals surface area contributed by atoms with Crippen LogP contribution in [0.5, 0.6) is 5.75 Å². The second kappa shape index (κ2) is 7.51. The molecule has 0 saturated carbocycles. The van der Waals surface area contributed by atoms with Crippen molar-refractivity contribution >= 4 is 0 Å². The number of hydrogen-bond acceptors (Lipinski definition) is 3.